The van der Waals surface area contributed by atoms with E-state index in [1.807, 2.05) is 19.1 Å². The van der Waals surface area contributed by atoms with Gasteiger partial charge in [-0.25, -0.2) is 4.90 Å². The molecule has 0 bridgehead atoms. The molecule has 0 unspecified atom stereocenters. The van der Waals surface area contributed by atoms with Gasteiger partial charge < -0.3 is 4.74 Å². The Hall–Kier alpha value is -2.24. The number of rotatable bonds is 4. The highest BCUT2D eigenvalue weighted by Gasteiger charge is 2.36. The van der Waals surface area contributed by atoms with E-state index in [2.05, 4.69) is 13.8 Å². The smallest absolute Gasteiger partial charge is 0.298 e. The average molecular weight is 402 g/mol. The molecule has 1 heterocycles. The minimum absolute atomic E-state index is 0.272. The Bertz CT molecular complexity index is 952. The molecule has 0 spiro atoms. The summed E-state index contributed by atoms with van der Waals surface area (Å²) in [5.41, 5.74) is 3.41. The van der Waals surface area contributed by atoms with Crippen LogP contribution in [0.3, 0.4) is 0 Å². The van der Waals surface area contributed by atoms with E-state index in [0.717, 1.165) is 39.1 Å². The molecule has 4 nitrogen and oxygen atoms in total. The lowest BCUT2D eigenvalue weighted by Crippen LogP contribution is -2.27. The Balaban J connectivity index is 2.00. The highest BCUT2D eigenvalue weighted by atomic mass is 35.5. The van der Waals surface area contributed by atoms with Gasteiger partial charge in [0.2, 0.25) is 0 Å². The van der Waals surface area contributed by atoms with Crippen LogP contribution in [-0.4, -0.2) is 18.3 Å². The number of thioether (sulfide) groups is 1. The van der Waals surface area contributed by atoms with Gasteiger partial charge in [-0.2, -0.15) is 0 Å². The maximum Gasteiger partial charge on any atom is 0.298 e. The van der Waals surface area contributed by atoms with E-state index in [4.69, 9.17) is 16.3 Å². The van der Waals surface area contributed by atoms with Gasteiger partial charge in [0.05, 0.1) is 17.7 Å². The highest BCUT2D eigenvalue weighted by Crippen LogP contribution is 2.38. The van der Waals surface area contributed by atoms with Gasteiger partial charge in [-0.05, 0) is 77.7 Å². The average Bonchev–Trinajstić information content (AvgIpc) is 2.89. The first-order chi connectivity index (χ1) is 12.8. The minimum Gasteiger partial charge on any atom is -0.496 e. The third kappa shape index (κ3) is 3.89. The zero-order chi connectivity index (χ0) is 19.7. The zero-order valence-electron chi connectivity index (χ0n) is 15.6. The largest absolute Gasteiger partial charge is 0.496 e. The third-order valence-corrected chi connectivity index (χ3v) is 5.49. The second-order valence-electron chi connectivity index (χ2n) is 6.60. The predicted molar refractivity (Wildman–Crippen MR) is 112 cm³/mol. The van der Waals surface area contributed by atoms with Gasteiger partial charge >= 0.3 is 0 Å². The summed E-state index contributed by atoms with van der Waals surface area (Å²) in [5, 5.41) is 0.145. The van der Waals surface area contributed by atoms with Crippen LogP contribution in [0.2, 0.25) is 5.02 Å². The fourth-order valence-corrected chi connectivity index (χ4v) is 3.96. The summed E-state index contributed by atoms with van der Waals surface area (Å²) in [6.45, 7) is 6.13. The molecule has 0 N–H and O–H groups in total. The normalized spacial score (nSPS) is 15.9. The molecule has 140 valence electrons. The van der Waals surface area contributed by atoms with Gasteiger partial charge in [-0.15, -0.1) is 0 Å². The SMILES string of the molecule is COc1cc(C)c(/C=C2\SC(=O)N(c3cccc(Cl)c3)C2=O)cc1C(C)C. The van der Waals surface area contributed by atoms with Gasteiger partial charge in [0, 0.05) is 5.02 Å². The van der Waals surface area contributed by atoms with Crippen LogP contribution < -0.4 is 9.64 Å². The predicted octanol–water partition coefficient (Wildman–Crippen LogP) is 6.02. The number of nitrogens with zero attached hydrogens (tertiary/aromatic N) is 1. The van der Waals surface area contributed by atoms with E-state index < -0.39 is 0 Å². The fraction of sp³-hybridized carbons (Fsp3) is 0.238. The number of anilines is 1. The molecule has 1 aliphatic rings. The Labute approximate surface area is 168 Å². The molecule has 0 radical (unpaired) electrons. The van der Waals surface area contributed by atoms with Crippen molar-refractivity contribution in [1.82, 2.24) is 0 Å². The van der Waals surface area contributed by atoms with Crippen molar-refractivity contribution in [2.24, 2.45) is 0 Å². The van der Waals surface area contributed by atoms with E-state index in [9.17, 15) is 9.59 Å². The summed E-state index contributed by atoms with van der Waals surface area (Å²) < 4.78 is 5.47. The molecule has 1 saturated heterocycles. The number of ether oxygens (including phenoxy) is 1. The topological polar surface area (TPSA) is 46.6 Å². The number of hydrogen-bond donors (Lipinski definition) is 0. The van der Waals surface area contributed by atoms with Gasteiger partial charge in [0.25, 0.3) is 11.1 Å². The van der Waals surface area contributed by atoms with Crippen molar-refractivity contribution < 1.29 is 14.3 Å². The molecule has 6 heteroatoms. The van der Waals surface area contributed by atoms with Crippen molar-refractivity contribution in [3.8, 4) is 5.75 Å². The zero-order valence-corrected chi connectivity index (χ0v) is 17.1. The van der Waals surface area contributed by atoms with Crippen LogP contribution in [0.25, 0.3) is 6.08 Å². The first kappa shape index (κ1) is 19.5. The Kier molecular flexibility index (Phi) is 5.63. The van der Waals surface area contributed by atoms with E-state index >= 15 is 0 Å². The summed E-state index contributed by atoms with van der Waals surface area (Å²) in [6, 6.07) is 10.7. The number of carbonyl (C=O) groups is 2. The first-order valence-corrected chi connectivity index (χ1v) is 9.73. The molecular formula is C21H20ClNO3S. The Morgan fingerprint density at radius 1 is 1.19 bits per heavy atom. The van der Waals surface area contributed by atoms with E-state index in [1.54, 1.807) is 37.5 Å². The van der Waals surface area contributed by atoms with Gasteiger partial charge in [-0.1, -0.05) is 31.5 Å². The lowest BCUT2D eigenvalue weighted by atomic mass is 9.96. The molecule has 0 atom stereocenters. The standard InChI is InChI=1S/C21H20ClNO3S/c1-12(2)17-9-14(13(3)8-18(17)26-4)10-19-20(24)23(21(25)27-19)16-7-5-6-15(22)11-16/h5-12H,1-4H3/b19-10-. The third-order valence-electron chi connectivity index (χ3n) is 4.39. The molecule has 2 amide bonds. The number of amides is 2. The Morgan fingerprint density at radius 3 is 2.56 bits per heavy atom. The van der Waals surface area contributed by atoms with Crippen LogP contribution in [0.1, 0.15) is 36.5 Å². The number of carbonyl (C=O) groups excluding carboxylic acids is 2. The van der Waals surface area contributed by atoms with Crippen molar-refractivity contribution in [3.63, 3.8) is 0 Å². The van der Waals surface area contributed by atoms with E-state index in [-0.39, 0.29) is 17.1 Å². The summed E-state index contributed by atoms with van der Waals surface area (Å²) in [5.74, 6) is 0.759. The van der Waals surface area contributed by atoms with Gasteiger partial charge in [-0.3, -0.25) is 9.59 Å². The first-order valence-electron chi connectivity index (χ1n) is 8.54. The van der Waals surface area contributed by atoms with Crippen LogP contribution in [-0.2, 0) is 4.79 Å². The summed E-state index contributed by atoms with van der Waals surface area (Å²) in [4.78, 5) is 26.8. The number of imide groups is 1. The molecule has 3 rings (SSSR count). The molecule has 2 aromatic carbocycles. The van der Waals surface area contributed by atoms with Crippen molar-refractivity contribution in [1.29, 1.82) is 0 Å². The minimum atomic E-state index is -0.339. The van der Waals surface area contributed by atoms with Crippen LogP contribution in [0.4, 0.5) is 10.5 Å². The van der Waals surface area contributed by atoms with Gasteiger partial charge in [0.15, 0.2) is 0 Å². The number of benzene rings is 2. The number of methoxy groups -OCH3 is 1. The van der Waals surface area contributed by atoms with Crippen molar-refractivity contribution in [2.75, 3.05) is 12.0 Å². The molecule has 27 heavy (non-hydrogen) atoms. The van der Waals surface area contributed by atoms with Crippen LogP contribution in [0.15, 0.2) is 41.3 Å². The van der Waals surface area contributed by atoms with Gasteiger partial charge in [0.1, 0.15) is 5.75 Å². The maximum atomic E-state index is 12.8. The van der Waals surface area contributed by atoms with E-state index in [0.29, 0.717) is 15.6 Å². The molecule has 1 fully saturated rings. The second-order valence-corrected chi connectivity index (χ2v) is 8.03. The highest BCUT2D eigenvalue weighted by molar-refractivity contribution is 8.19. The van der Waals surface area contributed by atoms with Crippen LogP contribution in [0, 0.1) is 6.92 Å². The van der Waals surface area contributed by atoms with Crippen molar-refractivity contribution in [3.05, 3.63) is 63.0 Å². The van der Waals surface area contributed by atoms with Crippen LogP contribution in [0.5, 0.6) is 5.75 Å². The Morgan fingerprint density at radius 2 is 1.93 bits per heavy atom. The molecule has 2 aromatic rings. The van der Waals surface area contributed by atoms with Crippen molar-refractivity contribution >= 4 is 46.3 Å². The fourth-order valence-electron chi connectivity index (χ4n) is 2.95. The van der Waals surface area contributed by atoms with E-state index in [1.165, 1.54) is 0 Å². The second kappa shape index (κ2) is 7.79. The molecule has 1 aliphatic heterocycles. The van der Waals surface area contributed by atoms with Crippen LogP contribution >= 0.6 is 23.4 Å². The summed E-state index contributed by atoms with van der Waals surface area (Å²) >= 11 is 6.93. The summed E-state index contributed by atoms with van der Waals surface area (Å²) in [6.07, 6.45) is 1.77. The monoisotopic (exact) mass is 401 g/mol. The lowest BCUT2D eigenvalue weighted by molar-refractivity contribution is -0.113. The quantitative estimate of drug-likeness (QED) is 0.587. The molecule has 0 saturated carbocycles. The number of halogens is 1. The number of hydrogen-bond acceptors (Lipinski definition) is 4. The molecule has 0 aromatic heterocycles. The molecule has 0 aliphatic carbocycles. The number of aryl methyl sites for hydroxylation is 1. The lowest BCUT2D eigenvalue weighted by Gasteiger charge is -2.15. The molecular weight excluding hydrogens is 382 g/mol. The summed E-state index contributed by atoms with van der Waals surface area (Å²) in [7, 11) is 1.65. The van der Waals surface area contributed by atoms with Crippen molar-refractivity contribution in [2.45, 2.75) is 26.7 Å². The maximum absolute atomic E-state index is 12.8.